The van der Waals surface area contributed by atoms with Crippen LogP contribution in [0.25, 0.3) is 0 Å². The molecule has 1 aromatic heterocycles. The fourth-order valence-electron chi connectivity index (χ4n) is 1.62. The number of nitriles is 1. The minimum Gasteiger partial charge on any atom is -0.325 e. The minimum absolute atomic E-state index is 0.154. The third kappa shape index (κ3) is 5.38. The van der Waals surface area contributed by atoms with Crippen molar-refractivity contribution in [3.63, 3.8) is 0 Å². The number of anilines is 1. The van der Waals surface area contributed by atoms with Gasteiger partial charge in [0.05, 0.1) is 15.8 Å². The summed E-state index contributed by atoms with van der Waals surface area (Å²) >= 11 is 10.5. The maximum Gasteiger partial charge on any atom is 0.237 e. The molecule has 0 spiro atoms. The van der Waals surface area contributed by atoms with Crippen molar-refractivity contribution < 1.29 is 4.79 Å². The Morgan fingerprint density at radius 3 is 2.88 bits per heavy atom. The molecule has 0 unspecified atom stereocenters. The molecule has 0 aliphatic rings. The lowest BCUT2D eigenvalue weighted by Gasteiger charge is -2.10. The van der Waals surface area contributed by atoms with Gasteiger partial charge in [0, 0.05) is 11.4 Å². The largest absolute Gasteiger partial charge is 0.325 e. The Hall–Kier alpha value is -1.27. The first-order valence-corrected chi connectivity index (χ1v) is 10.2. The smallest absolute Gasteiger partial charge is 0.237 e. The highest BCUT2D eigenvalue weighted by molar-refractivity contribution is 8.03. The Balaban J connectivity index is 1.93. The first kappa shape index (κ1) is 19.1. The van der Waals surface area contributed by atoms with Gasteiger partial charge in [-0.25, -0.2) is 0 Å². The van der Waals surface area contributed by atoms with Crippen molar-refractivity contribution in [1.82, 2.24) is 10.2 Å². The quantitative estimate of drug-likeness (QED) is 0.682. The third-order valence-corrected chi connectivity index (χ3v) is 6.58. The van der Waals surface area contributed by atoms with E-state index in [1.807, 2.05) is 13.0 Å². The zero-order valence-corrected chi connectivity index (χ0v) is 16.3. The molecule has 1 N–H and O–H groups in total. The zero-order chi connectivity index (χ0) is 17.5. The molecule has 0 saturated heterocycles. The molecule has 1 heterocycles. The second-order valence-electron chi connectivity index (χ2n) is 4.74. The molecule has 0 aliphatic heterocycles. The zero-order valence-electron chi connectivity index (χ0n) is 13.1. The first-order valence-electron chi connectivity index (χ1n) is 7.17. The van der Waals surface area contributed by atoms with Gasteiger partial charge in [-0.05, 0) is 31.5 Å². The number of carbonyl (C=O) groups is 1. The maximum absolute atomic E-state index is 12.3. The molecule has 2 aromatic rings. The van der Waals surface area contributed by atoms with Crippen LogP contribution in [-0.4, -0.2) is 27.1 Å². The number of carbonyl (C=O) groups excluding carboxylic acids is 1. The van der Waals surface area contributed by atoms with E-state index in [1.165, 1.54) is 23.1 Å². The summed E-state index contributed by atoms with van der Waals surface area (Å²) in [5.74, 6) is 0.855. The molecule has 5 nitrogen and oxygen atoms in total. The van der Waals surface area contributed by atoms with Crippen LogP contribution in [0.3, 0.4) is 0 Å². The molecule has 0 fully saturated rings. The molecule has 0 aliphatic carbocycles. The van der Waals surface area contributed by atoms with E-state index in [-0.39, 0.29) is 11.2 Å². The highest BCUT2D eigenvalue weighted by Gasteiger charge is 2.18. The third-order valence-electron chi connectivity index (χ3n) is 2.82. The van der Waals surface area contributed by atoms with Gasteiger partial charge in [-0.1, -0.05) is 53.4 Å². The Morgan fingerprint density at radius 2 is 2.21 bits per heavy atom. The lowest BCUT2D eigenvalue weighted by molar-refractivity contribution is -0.115. The van der Waals surface area contributed by atoms with E-state index in [1.54, 1.807) is 30.0 Å². The van der Waals surface area contributed by atoms with Crippen LogP contribution in [0.5, 0.6) is 0 Å². The van der Waals surface area contributed by atoms with Crippen molar-refractivity contribution in [3.05, 3.63) is 28.8 Å². The topological polar surface area (TPSA) is 78.7 Å². The van der Waals surface area contributed by atoms with Gasteiger partial charge in [-0.15, -0.1) is 10.2 Å². The van der Waals surface area contributed by atoms with Crippen molar-refractivity contribution in [2.75, 3.05) is 11.1 Å². The number of nitrogens with one attached hydrogen (secondary N) is 1. The molecule has 126 valence electrons. The van der Waals surface area contributed by atoms with Gasteiger partial charge >= 0.3 is 0 Å². The Morgan fingerprint density at radius 1 is 1.46 bits per heavy atom. The van der Waals surface area contributed by atoms with E-state index in [4.69, 9.17) is 16.9 Å². The summed E-state index contributed by atoms with van der Waals surface area (Å²) in [6.07, 6.45) is 1.08. The predicted molar refractivity (Wildman–Crippen MR) is 101 cm³/mol. The van der Waals surface area contributed by atoms with Gasteiger partial charge < -0.3 is 5.32 Å². The monoisotopic (exact) mass is 398 g/mol. The fraction of sp³-hybridized carbons (Fsp3) is 0.333. The fourth-order valence-corrected chi connectivity index (χ4v) is 4.94. The SMILES string of the molecule is CCCSc1nnc(S[C@H](C)C(=O)Nc2ccc(C#N)c(Cl)c2)s1. The van der Waals surface area contributed by atoms with Gasteiger partial charge in [0.1, 0.15) is 6.07 Å². The van der Waals surface area contributed by atoms with Crippen LogP contribution in [0.15, 0.2) is 26.9 Å². The van der Waals surface area contributed by atoms with Crippen molar-refractivity contribution >= 4 is 58.1 Å². The summed E-state index contributed by atoms with van der Waals surface area (Å²) in [5.41, 5.74) is 0.941. The van der Waals surface area contributed by atoms with E-state index >= 15 is 0 Å². The highest BCUT2D eigenvalue weighted by atomic mass is 35.5. The second-order valence-corrected chi connectivity index (χ2v) is 9.05. The molecule has 1 aromatic carbocycles. The lowest BCUT2D eigenvalue weighted by Crippen LogP contribution is -2.22. The van der Waals surface area contributed by atoms with E-state index in [0.717, 1.165) is 20.9 Å². The number of hydrogen-bond donors (Lipinski definition) is 1. The summed E-state index contributed by atoms with van der Waals surface area (Å²) in [6, 6.07) is 6.79. The Labute approximate surface area is 158 Å². The van der Waals surface area contributed by atoms with Crippen molar-refractivity contribution in [2.45, 2.75) is 34.2 Å². The van der Waals surface area contributed by atoms with Gasteiger partial charge in [0.15, 0.2) is 8.68 Å². The van der Waals surface area contributed by atoms with Crippen LogP contribution in [0.4, 0.5) is 5.69 Å². The number of thioether (sulfide) groups is 2. The summed E-state index contributed by atoms with van der Waals surface area (Å²) in [4.78, 5) is 12.3. The molecule has 0 bridgehead atoms. The van der Waals surface area contributed by atoms with E-state index < -0.39 is 0 Å². The summed E-state index contributed by atoms with van der Waals surface area (Å²) in [5, 5.41) is 19.9. The minimum atomic E-state index is -0.323. The Bertz CT molecular complexity index is 759. The molecular weight excluding hydrogens is 384 g/mol. The first-order chi connectivity index (χ1) is 11.5. The van der Waals surface area contributed by atoms with Crippen LogP contribution < -0.4 is 5.32 Å². The van der Waals surface area contributed by atoms with Crippen LogP contribution in [0, 0.1) is 11.3 Å². The number of halogens is 1. The maximum atomic E-state index is 12.3. The van der Waals surface area contributed by atoms with Crippen LogP contribution in [0.2, 0.25) is 5.02 Å². The lowest BCUT2D eigenvalue weighted by atomic mass is 10.2. The van der Waals surface area contributed by atoms with Gasteiger partial charge in [-0.3, -0.25) is 4.79 Å². The van der Waals surface area contributed by atoms with Gasteiger partial charge in [0.2, 0.25) is 5.91 Å². The van der Waals surface area contributed by atoms with Crippen molar-refractivity contribution in [1.29, 1.82) is 5.26 Å². The summed E-state index contributed by atoms with van der Waals surface area (Å²) in [6.45, 7) is 3.93. The number of benzene rings is 1. The molecule has 0 radical (unpaired) electrons. The average Bonchev–Trinajstić information content (AvgIpc) is 3.00. The van der Waals surface area contributed by atoms with E-state index in [0.29, 0.717) is 16.3 Å². The number of aromatic nitrogens is 2. The molecule has 1 atom stereocenters. The standard InChI is InChI=1S/C15H15ClN4OS3/c1-3-6-22-14-19-20-15(24-14)23-9(2)13(21)18-11-5-4-10(8-17)12(16)7-11/h4-5,7,9H,3,6H2,1-2H3,(H,18,21)/t9-/m1/s1. The van der Waals surface area contributed by atoms with Crippen LogP contribution in [-0.2, 0) is 4.79 Å². The van der Waals surface area contributed by atoms with Crippen molar-refractivity contribution in [3.8, 4) is 6.07 Å². The highest BCUT2D eigenvalue weighted by Crippen LogP contribution is 2.32. The normalized spacial score (nSPS) is 11.8. The van der Waals surface area contributed by atoms with Crippen molar-refractivity contribution in [2.24, 2.45) is 0 Å². The van der Waals surface area contributed by atoms with E-state index in [9.17, 15) is 4.79 Å². The Kier molecular flexibility index (Phi) is 7.37. The summed E-state index contributed by atoms with van der Waals surface area (Å²) < 4.78 is 1.69. The number of rotatable bonds is 7. The predicted octanol–water partition coefficient (Wildman–Crippen LogP) is 4.68. The molecule has 2 rings (SSSR count). The average molecular weight is 399 g/mol. The molecule has 24 heavy (non-hydrogen) atoms. The number of hydrogen-bond acceptors (Lipinski definition) is 7. The van der Waals surface area contributed by atoms with Crippen LogP contribution >= 0.6 is 46.5 Å². The molecule has 9 heteroatoms. The van der Waals surface area contributed by atoms with Gasteiger partial charge in [-0.2, -0.15) is 5.26 Å². The second kappa shape index (κ2) is 9.28. The molecular formula is C15H15ClN4OS3. The van der Waals surface area contributed by atoms with Gasteiger partial charge in [0.25, 0.3) is 0 Å². The van der Waals surface area contributed by atoms with E-state index in [2.05, 4.69) is 22.4 Å². The molecule has 1 amide bonds. The molecule has 0 saturated carbocycles. The number of amides is 1. The number of nitrogens with zero attached hydrogens (tertiary/aromatic N) is 3. The van der Waals surface area contributed by atoms with Crippen LogP contribution in [0.1, 0.15) is 25.8 Å². The summed E-state index contributed by atoms with van der Waals surface area (Å²) in [7, 11) is 0.